The van der Waals surface area contributed by atoms with Crippen molar-refractivity contribution in [3.05, 3.63) is 106 Å². The lowest BCUT2D eigenvalue weighted by Crippen LogP contribution is -2.31. The van der Waals surface area contributed by atoms with Crippen LogP contribution in [-0.2, 0) is 13.2 Å². The number of carbonyl (C=O) groups is 1. The van der Waals surface area contributed by atoms with Crippen LogP contribution < -0.4 is 15.6 Å². The number of nitrogens with one attached hydrogen (secondary N) is 1. The number of hydrogen-bond acceptors (Lipinski definition) is 4. The predicted octanol–water partition coefficient (Wildman–Crippen LogP) is 4.49. The molecule has 1 heterocycles. The molecule has 1 aromatic heterocycles. The normalized spacial score (nSPS) is 11.0. The van der Waals surface area contributed by atoms with E-state index in [0.717, 1.165) is 11.1 Å². The zero-order valence-electron chi connectivity index (χ0n) is 18.1. The third kappa shape index (κ3) is 4.54. The third-order valence-corrected chi connectivity index (χ3v) is 5.18. The lowest BCUT2D eigenvalue weighted by molar-refractivity contribution is 0.0944. The Morgan fingerprint density at radius 2 is 1.59 bits per heavy atom. The lowest BCUT2D eigenvalue weighted by Gasteiger charge is -2.15. The van der Waals surface area contributed by atoms with Crippen molar-refractivity contribution in [1.29, 1.82) is 0 Å². The maximum Gasteiger partial charge on any atom is 0.274 e. The van der Waals surface area contributed by atoms with Gasteiger partial charge < -0.3 is 10.1 Å². The number of benzene rings is 3. The summed E-state index contributed by atoms with van der Waals surface area (Å²) in [6, 6.07) is 24.4. The van der Waals surface area contributed by atoms with E-state index >= 15 is 0 Å². The number of amides is 1. The molecule has 1 N–H and O–H groups in total. The van der Waals surface area contributed by atoms with E-state index < -0.39 is 0 Å². The first-order valence-corrected chi connectivity index (χ1v) is 10.6. The van der Waals surface area contributed by atoms with Gasteiger partial charge in [-0.1, -0.05) is 66.7 Å². The summed E-state index contributed by atoms with van der Waals surface area (Å²) in [4.78, 5) is 25.8. The SMILES string of the molecule is CC(C)n1nc(C(=O)NCc2ccccc2OCc2ccccc2)c2ccccc2c1=O. The molecule has 6 nitrogen and oxygen atoms in total. The summed E-state index contributed by atoms with van der Waals surface area (Å²) in [6.07, 6.45) is 0. The van der Waals surface area contributed by atoms with E-state index in [-0.39, 0.29) is 29.7 Å². The summed E-state index contributed by atoms with van der Waals surface area (Å²) in [5, 5.41) is 8.33. The second-order valence-corrected chi connectivity index (χ2v) is 7.80. The number of ether oxygens (including phenoxy) is 1. The van der Waals surface area contributed by atoms with Crippen LogP contribution in [0.25, 0.3) is 10.8 Å². The molecule has 0 radical (unpaired) electrons. The topological polar surface area (TPSA) is 73.2 Å². The monoisotopic (exact) mass is 427 g/mol. The second kappa shape index (κ2) is 9.47. The molecule has 0 aliphatic heterocycles. The molecule has 4 rings (SSSR count). The van der Waals surface area contributed by atoms with Gasteiger partial charge in [-0.25, -0.2) is 4.68 Å². The van der Waals surface area contributed by atoms with Gasteiger partial charge in [-0.15, -0.1) is 0 Å². The molecule has 162 valence electrons. The van der Waals surface area contributed by atoms with Crippen LogP contribution in [-0.4, -0.2) is 15.7 Å². The van der Waals surface area contributed by atoms with E-state index in [1.54, 1.807) is 24.3 Å². The van der Waals surface area contributed by atoms with E-state index in [4.69, 9.17) is 4.74 Å². The number of hydrogen-bond donors (Lipinski definition) is 1. The smallest absolute Gasteiger partial charge is 0.274 e. The Labute approximate surface area is 186 Å². The van der Waals surface area contributed by atoms with Crippen LogP contribution >= 0.6 is 0 Å². The van der Waals surface area contributed by atoms with Gasteiger partial charge in [0.2, 0.25) is 0 Å². The maximum atomic E-state index is 13.1. The molecule has 6 heteroatoms. The molecule has 4 aromatic rings. The Kier molecular flexibility index (Phi) is 6.31. The highest BCUT2D eigenvalue weighted by Crippen LogP contribution is 2.20. The van der Waals surface area contributed by atoms with Crippen molar-refractivity contribution in [2.75, 3.05) is 0 Å². The molecule has 0 unspecified atom stereocenters. The third-order valence-electron chi connectivity index (χ3n) is 5.18. The van der Waals surface area contributed by atoms with Gasteiger partial charge in [-0.2, -0.15) is 5.10 Å². The lowest BCUT2D eigenvalue weighted by atomic mass is 10.1. The van der Waals surface area contributed by atoms with Gasteiger partial charge in [-0.05, 0) is 31.5 Å². The van der Waals surface area contributed by atoms with Crippen LogP contribution in [0.5, 0.6) is 5.75 Å². The minimum atomic E-state index is -0.339. The van der Waals surface area contributed by atoms with Crippen molar-refractivity contribution in [3.8, 4) is 5.75 Å². The van der Waals surface area contributed by atoms with Crippen LogP contribution in [0.1, 0.15) is 41.5 Å². The molecule has 0 saturated carbocycles. The molecule has 0 atom stereocenters. The van der Waals surface area contributed by atoms with Crippen molar-refractivity contribution in [2.45, 2.75) is 33.0 Å². The van der Waals surface area contributed by atoms with Crippen LogP contribution in [0.3, 0.4) is 0 Å². The second-order valence-electron chi connectivity index (χ2n) is 7.80. The van der Waals surface area contributed by atoms with Crippen LogP contribution in [0.2, 0.25) is 0 Å². The minimum absolute atomic E-state index is 0.161. The maximum absolute atomic E-state index is 13.1. The van der Waals surface area contributed by atoms with Crippen molar-refractivity contribution in [2.24, 2.45) is 0 Å². The molecule has 0 bridgehead atoms. The summed E-state index contributed by atoms with van der Waals surface area (Å²) in [5.74, 6) is 0.370. The summed E-state index contributed by atoms with van der Waals surface area (Å²) in [6.45, 7) is 4.45. The largest absolute Gasteiger partial charge is 0.489 e. The Morgan fingerprint density at radius 3 is 2.34 bits per heavy atom. The van der Waals surface area contributed by atoms with E-state index in [2.05, 4.69) is 10.4 Å². The van der Waals surface area contributed by atoms with Crippen LogP contribution in [0, 0.1) is 0 Å². The van der Waals surface area contributed by atoms with E-state index in [0.29, 0.717) is 23.1 Å². The van der Waals surface area contributed by atoms with Crippen molar-refractivity contribution < 1.29 is 9.53 Å². The fraction of sp³-hybridized carbons (Fsp3) is 0.192. The summed E-state index contributed by atoms with van der Waals surface area (Å²) < 4.78 is 7.34. The zero-order valence-corrected chi connectivity index (χ0v) is 18.1. The fourth-order valence-electron chi connectivity index (χ4n) is 3.51. The van der Waals surface area contributed by atoms with Crippen molar-refractivity contribution in [1.82, 2.24) is 15.1 Å². The van der Waals surface area contributed by atoms with Crippen molar-refractivity contribution >= 4 is 16.7 Å². The molecule has 0 aliphatic rings. The molecule has 32 heavy (non-hydrogen) atoms. The molecular weight excluding hydrogens is 402 g/mol. The van der Waals surface area contributed by atoms with Gasteiger partial charge in [0.15, 0.2) is 5.69 Å². The number of nitrogens with zero attached hydrogens (tertiary/aromatic N) is 2. The Hall–Kier alpha value is -3.93. The quantitative estimate of drug-likeness (QED) is 0.472. The molecule has 0 spiro atoms. The number of aromatic nitrogens is 2. The van der Waals surface area contributed by atoms with Crippen LogP contribution in [0.4, 0.5) is 0 Å². The summed E-state index contributed by atoms with van der Waals surface area (Å²) in [7, 11) is 0. The van der Waals surface area contributed by atoms with E-state index in [1.807, 2.05) is 68.4 Å². The average Bonchev–Trinajstić information content (AvgIpc) is 2.82. The highest BCUT2D eigenvalue weighted by Gasteiger charge is 2.18. The zero-order chi connectivity index (χ0) is 22.5. The number of rotatable bonds is 7. The van der Waals surface area contributed by atoms with Gasteiger partial charge in [0.1, 0.15) is 12.4 Å². The first-order chi connectivity index (χ1) is 15.5. The first-order valence-electron chi connectivity index (χ1n) is 10.6. The van der Waals surface area contributed by atoms with Gasteiger partial charge in [0.25, 0.3) is 11.5 Å². The fourth-order valence-corrected chi connectivity index (χ4v) is 3.51. The van der Waals surface area contributed by atoms with Gasteiger partial charge in [-0.3, -0.25) is 9.59 Å². The number of para-hydroxylation sites is 1. The average molecular weight is 428 g/mol. The van der Waals surface area contributed by atoms with E-state index in [9.17, 15) is 9.59 Å². The van der Waals surface area contributed by atoms with Crippen LogP contribution in [0.15, 0.2) is 83.7 Å². The Morgan fingerprint density at radius 1 is 0.938 bits per heavy atom. The van der Waals surface area contributed by atoms with Gasteiger partial charge in [0.05, 0.1) is 11.4 Å². The molecule has 0 aliphatic carbocycles. The summed E-state index contributed by atoms with van der Waals surface area (Å²) >= 11 is 0. The molecule has 1 amide bonds. The molecule has 3 aromatic carbocycles. The predicted molar refractivity (Wildman–Crippen MR) is 125 cm³/mol. The van der Waals surface area contributed by atoms with Crippen molar-refractivity contribution in [3.63, 3.8) is 0 Å². The summed E-state index contributed by atoms with van der Waals surface area (Å²) in [5.41, 5.74) is 1.96. The first kappa shape index (κ1) is 21.3. The molecule has 0 fully saturated rings. The van der Waals surface area contributed by atoms with Gasteiger partial charge in [0, 0.05) is 17.5 Å². The molecule has 0 saturated heterocycles. The Balaban J connectivity index is 1.56. The molecular formula is C26H25N3O3. The Bertz CT molecular complexity index is 1300. The minimum Gasteiger partial charge on any atom is -0.489 e. The van der Waals surface area contributed by atoms with E-state index in [1.165, 1.54) is 4.68 Å². The standard InChI is InChI=1S/C26H25N3O3/c1-18(2)29-26(31)22-14-8-7-13-21(22)24(28-29)25(30)27-16-20-12-6-9-15-23(20)32-17-19-10-4-3-5-11-19/h3-15,18H,16-17H2,1-2H3,(H,27,30). The van der Waals surface area contributed by atoms with Gasteiger partial charge >= 0.3 is 0 Å². The highest BCUT2D eigenvalue weighted by molar-refractivity contribution is 6.04. The highest BCUT2D eigenvalue weighted by atomic mass is 16.5. The number of fused-ring (bicyclic) bond motifs is 1. The number of carbonyl (C=O) groups excluding carboxylic acids is 1.